The molecule has 1 aromatic carbocycles. The Hall–Kier alpha value is -0.860. The molecule has 1 fully saturated rings. The largest absolute Gasteiger partial charge is 0.371 e. The molecule has 0 N–H and O–H groups in total. The van der Waals surface area contributed by atoms with E-state index in [1.54, 1.807) is 0 Å². The second kappa shape index (κ2) is 3.90. The number of nitrogens with zero attached hydrogens (tertiary/aromatic N) is 1. The van der Waals surface area contributed by atoms with Crippen molar-refractivity contribution in [1.29, 1.82) is 0 Å². The minimum atomic E-state index is 0.264. The first-order valence-corrected chi connectivity index (χ1v) is 4.71. The predicted octanol–water partition coefficient (Wildman–Crippen LogP) is 1.69. The van der Waals surface area contributed by atoms with Crippen LogP contribution in [0.4, 0.5) is 0 Å². The van der Waals surface area contributed by atoms with Crippen LogP contribution in [-0.2, 0) is 4.74 Å². The van der Waals surface area contributed by atoms with E-state index in [9.17, 15) is 0 Å². The Morgan fingerprint density at radius 2 is 2.08 bits per heavy atom. The second-order valence-electron chi connectivity index (χ2n) is 3.53. The van der Waals surface area contributed by atoms with Crippen LogP contribution in [0.15, 0.2) is 30.3 Å². The van der Waals surface area contributed by atoms with Gasteiger partial charge in [0, 0.05) is 13.1 Å². The molecule has 1 saturated heterocycles. The topological polar surface area (TPSA) is 12.5 Å². The fourth-order valence-electron chi connectivity index (χ4n) is 1.65. The van der Waals surface area contributed by atoms with E-state index >= 15 is 0 Å². The van der Waals surface area contributed by atoms with Gasteiger partial charge in [0.1, 0.15) is 0 Å². The van der Waals surface area contributed by atoms with E-state index in [2.05, 4.69) is 36.2 Å². The highest BCUT2D eigenvalue weighted by molar-refractivity contribution is 5.18. The number of hydrogen-bond acceptors (Lipinski definition) is 2. The molecule has 13 heavy (non-hydrogen) atoms. The molecule has 1 heterocycles. The van der Waals surface area contributed by atoms with Crippen molar-refractivity contribution < 1.29 is 4.74 Å². The smallest absolute Gasteiger partial charge is 0.0952 e. The van der Waals surface area contributed by atoms with Gasteiger partial charge in [-0.15, -0.1) is 0 Å². The quantitative estimate of drug-likeness (QED) is 0.647. The lowest BCUT2D eigenvalue weighted by Gasteiger charge is -2.30. The zero-order valence-corrected chi connectivity index (χ0v) is 7.94. The molecule has 1 aliphatic rings. The summed E-state index contributed by atoms with van der Waals surface area (Å²) in [5.41, 5.74) is 1.29. The highest BCUT2D eigenvalue weighted by Gasteiger charge is 2.18. The SMILES string of the molecule is CN1CCO[C@H](c2ccccc2)C1. The van der Waals surface area contributed by atoms with Crippen LogP contribution in [0.3, 0.4) is 0 Å². The van der Waals surface area contributed by atoms with Gasteiger partial charge < -0.3 is 9.64 Å². The number of benzene rings is 1. The van der Waals surface area contributed by atoms with Gasteiger partial charge >= 0.3 is 0 Å². The Kier molecular flexibility index (Phi) is 2.62. The molecule has 0 unspecified atom stereocenters. The first-order chi connectivity index (χ1) is 6.36. The van der Waals surface area contributed by atoms with Crippen molar-refractivity contribution >= 4 is 0 Å². The van der Waals surface area contributed by atoms with Crippen LogP contribution in [-0.4, -0.2) is 31.6 Å². The van der Waals surface area contributed by atoms with Gasteiger partial charge in [0.05, 0.1) is 12.7 Å². The maximum atomic E-state index is 5.69. The van der Waals surface area contributed by atoms with Crippen molar-refractivity contribution in [1.82, 2.24) is 4.90 Å². The Morgan fingerprint density at radius 3 is 2.77 bits per heavy atom. The van der Waals surface area contributed by atoms with Crippen LogP contribution in [0.2, 0.25) is 0 Å². The van der Waals surface area contributed by atoms with Gasteiger partial charge in [-0.25, -0.2) is 0 Å². The zero-order valence-electron chi connectivity index (χ0n) is 7.94. The summed E-state index contributed by atoms with van der Waals surface area (Å²) in [4.78, 5) is 2.31. The van der Waals surface area contributed by atoms with E-state index in [1.807, 2.05) is 6.07 Å². The molecule has 0 saturated carbocycles. The first kappa shape index (κ1) is 8.73. The molecule has 70 valence electrons. The number of hydrogen-bond donors (Lipinski definition) is 0. The summed E-state index contributed by atoms with van der Waals surface area (Å²) in [6.07, 6.45) is 0.264. The van der Waals surface area contributed by atoms with E-state index in [1.165, 1.54) is 5.56 Å². The first-order valence-electron chi connectivity index (χ1n) is 4.71. The highest BCUT2D eigenvalue weighted by atomic mass is 16.5. The van der Waals surface area contributed by atoms with Gasteiger partial charge in [0.15, 0.2) is 0 Å². The number of ether oxygens (including phenoxy) is 1. The van der Waals surface area contributed by atoms with E-state index in [-0.39, 0.29) is 6.10 Å². The molecule has 0 spiro atoms. The molecule has 2 nitrogen and oxygen atoms in total. The Balaban J connectivity index is 2.08. The minimum absolute atomic E-state index is 0.264. The van der Waals surface area contributed by atoms with Crippen molar-refractivity contribution in [3.8, 4) is 0 Å². The van der Waals surface area contributed by atoms with Crippen molar-refractivity contribution in [3.63, 3.8) is 0 Å². The highest BCUT2D eigenvalue weighted by Crippen LogP contribution is 2.20. The van der Waals surface area contributed by atoms with E-state index in [0.29, 0.717) is 0 Å². The van der Waals surface area contributed by atoms with Gasteiger partial charge in [-0.2, -0.15) is 0 Å². The zero-order chi connectivity index (χ0) is 9.10. The van der Waals surface area contributed by atoms with Gasteiger partial charge in [-0.3, -0.25) is 0 Å². The van der Waals surface area contributed by atoms with Gasteiger partial charge in [-0.05, 0) is 12.6 Å². The van der Waals surface area contributed by atoms with E-state index in [4.69, 9.17) is 4.74 Å². The standard InChI is InChI=1S/C11H15NO/c1-12-7-8-13-11(9-12)10-5-3-2-4-6-10/h2-6,11H,7-9H2,1H3/t11-/m0/s1. The van der Waals surface area contributed by atoms with Crippen LogP contribution in [0.5, 0.6) is 0 Å². The molecule has 2 heteroatoms. The molecular formula is C11H15NO. The summed E-state index contributed by atoms with van der Waals surface area (Å²) in [5.74, 6) is 0. The van der Waals surface area contributed by atoms with Crippen LogP contribution in [0.25, 0.3) is 0 Å². The molecule has 2 rings (SSSR count). The average molecular weight is 177 g/mol. The molecule has 0 aromatic heterocycles. The maximum absolute atomic E-state index is 5.69. The number of morpholine rings is 1. The minimum Gasteiger partial charge on any atom is -0.371 e. The third-order valence-electron chi connectivity index (χ3n) is 2.44. The second-order valence-corrected chi connectivity index (χ2v) is 3.53. The van der Waals surface area contributed by atoms with Gasteiger partial charge in [0.25, 0.3) is 0 Å². The van der Waals surface area contributed by atoms with Crippen LogP contribution in [0, 0.1) is 0 Å². The third kappa shape index (κ3) is 2.08. The van der Waals surface area contributed by atoms with E-state index < -0.39 is 0 Å². The van der Waals surface area contributed by atoms with Crippen LogP contribution >= 0.6 is 0 Å². The molecule has 0 aliphatic carbocycles. The summed E-state index contributed by atoms with van der Waals surface area (Å²) >= 11 is 0. The van der Waals surface area contributed by atoms with E-state index in [0.717, 1.165) is 19.7 Å². The molecule has 1 aromatic rings. The fourth-order valence-corrected chi connectivity index (χ4v) is 1.65. The number of likely N-dealkylation sites (N-methyl/N-ethyl adjacent to an activating group) is 1. The summed E-state index contributed by atoms with van der Waals surface area (Å²) in [5, 5.41) is 0. The lowest BCUT2D eigenvalue weighted by atomic mass is 10.1. The summed E-state index contributed by atoms with van der Waals surface area (Å²) in [6, 6.07) is 10.4. The Labute approximate surface area is 79.1 Å². The van der Waals surface area contributed by atoms with Crippen LogP contribution < -0.4 is 0 Å². The Bertz CT molecular complexity index is 260. The monoisotopic (exact) mass is 177 g/mol. The number of rotatable bonds is 1. The molecule has 0 bridgehead atoms. The van der Waals surface area contributed by atoms with Crippen molar-refractivity contribution in [2.75, 3.05) is 26.7 Å². The molecular weight excluding hydrogens is 162 g/mol. The normalized spacial score (nSPS) is 24.5. The summed E-state index contributed by atoms with van der Waals surface area (Å²) in [6.45, 7) is 2.89. The van der Waals surface area contributed by atoms with Crippen molar-refractivity contribution in [2.45, 2.75) is 6.10 Å². The molecule has 0 radical (unpaired) electrons. The van der Waals surface area contributed by atoms with Crippen molar-refractivity contribution in [2.24, 2.45) is 0 Å². The fraction of sp³-hybridized carbons (Fsp3) is 0.455. The molecule has 0 amide bonds. The lowest BCUT2D eigenvalue weighted by molar-refractivity contribution is -0.0208. The Morgan fingerprint density at radius 1 is 1.31 bits per heavy atom. The van der Waals surface area contributed by atoms with Crippen LogP contribution in [0.1, 0.15) is 11.7 Å². The van der Waals surface area contributed by atoms with Gasteiger partial charge in [0.2, 0.25) is 0 Å². The summed E-state index contributed by atoms with van der Waals surface area (Å²) in [7, 11) is 2.14. The summed E-state index contributed by atoms with van der Waals surface area (Å²) < 4.78 is 5.69. The van der Waals surface area contributed by atoms with Gasteiger partial charge in [-0.1, -0.05) is 30.3 Å². The molecule has 1 aliphatic heterocycles. The average Bonchev–Trinajstić information content (AvgIpc) is 2.19. The molecule has 1 atom stereocenters. The maximum Gasteiger partial charge on any atom is 0.0952 e. The lowest BCUT2D eigenvalue weighted by Crippen LogP contribution is -2.35. The van der Waals surface area contributed by atoms with Crippen molar-refractivity contribution in [3.05, 3.63) is 35.9 Å². The third-order valence-corrected chi connectivity index (χ3v) is 2.44. The predicted molar refractivity (Wildman–Crippen MR) is 52.6 cm³/mol.